The van der Waals surface area contributed by atoms with E-state index in [1.54, 1.807) is 11.8 Å². The molecule has 3 N–H and O–H groups in total. The average Bonchev–Trinajstić information content (AvgIpc) is 2.38. The van der Waals surface area contributed by atoms with Gasteiger partial charge >= 0.3 is 0 Å². The number of carbonyl (C=O) groups excluding carboxylic acids is 1. The number of unbranched alkanes of at least 4 members (excludes halogenated alkanes) is 1. The maximum absolute atomic E-state index is 11.9. The molecule has 1 amide bonds. The average molecular weight is 266 g/mol. The molecule has 0 aliphatic carbocycles. The van der Waals surface area contributed by atoms with Crippen LogP contribution in [0.4, 0.5) is 5.69 Å². The van der Waals surface area contributed by atoms with E-state index < -0.39 is 6.04 Å². The Kier molecular flexibility index (Phi) is 6.83. The summed E-state index contributed by atoms with van der Waals surface area (Å²) in [6, 6.07) is 7.42. The van der Waals surface area contributed by atoms with Gasteiger partial charge in [0.25, 0.3) is 0 Å². The van der Waals surface area contributed by atoms with Crippen LogP contribution in [0.1, 0.15) is 33.1 Å². The van der Waals surface area contributed by atoms with Crippen LogP contribution < -0.4 is 11.1 Å². The first-order valence-corrected chi connectivity index (χ1v) is 7.45. The number of amides is 1. The van der Waals surface area contributed by atoms with Gasteiger partial charge in [-0.1, -0.05) is 38.8 Å². The number of hydrogen-bond donors (Lipinski definition) is 2. The second kappa shape index (κ2) is 8.16. The number of anilines is 1. The van der Waals surface area contributed by atoms with E-state index in [0.29, 0.717) is 0 Å². The maximum atomic E-state index is 11.9. The molecule has 1 atom stereocenters. The zero-order valence-electron chi connectivity index (χ0n) is 11.1. The Labute approximate surface area is 114 Å². The number of hydrogen-bond acceptors (Lipinski definition) is 3. The van der Waals surface area contributed by atoms with Crippen LogP contribution in [-0.4, -0.2) is 17.7 Å². The molecule has 0 aromatic heterocycles. The Hall–Kier alpha value is -1.00. The van der Waals surface area contributed by atoms with Gasteiger partial charge in [0.05, 0.1) is 11.7 Å². The van der Waals surface area contributed by atoms with Crippen LogP contribution in [0, 0.1) is 0 Å². The third-order valence-electron chi connectivity index (χ3n) is 2.65. The summed E-state index contributed by atoms with van der Waals surface area (Å²) in [7, 11) is 0. The van der Waals surface area contributed by atoms with Gasteiger partial charge in [0.15, 0.2) is 0 Å². The highest BCUT2D eigenvalue weighted by molar-refractivity contribution is 7.99. The van der Waals surface area contributed by atoms with Crippen molar-refractivity contribution in [3.63, 3.8) is 0 Å². The number of nitrogens with one attached hydrogen (secondary N) is 1. The SMILES string of the molecule is CCCCC(N)C(=O)Nc1ccccc1SCC. The van der Waals surface area contributed by atoms with E-state index in [9.17, 15) is 4.79 Å². The molecule has 0 aliphatic heterocycles. The van der Waals surface area contributed by atoms with Gasteiger partial charge in [0.1, 0.15) is 0 Å². The molecule has 0 heterocycles. The van der Waals surface area contributed by atoms with Crippen molar-refractivity contribution >= 4 is 23.4 Å². The van der Waals surface area contributed by atoms with Crippen molar-refractivity contribution in [3.05, 3.63) is 24.3 Å². The van der Waals surface area contributed by atoms with Crippen LogP contribution in [0.2, 0.25) is 0 Å². The number of carbonyl (C=O) groups is 1. The molecule has 1 aromatic rings. The Morgan fingerprint density at radius 1 is 1.39 bits per heavy atom. The van der Waals surface area contributed by atoms with E-state index in [2.05, 4.69) is 19.2 Å². The number of rotatable bonds is 7. The van der Waals surface area contributed by atoms with Gasteiger partial charge in [0.2, 0.25) is 5.91 Å². The van der Waals surface area contributed by atoms with Gasteiger partial charge in [-0.25, -0.2) is 0 Å². The lowest BCUT2D eigenvalue weighted by Crippen LogP contribution is -2.35. The van der Waals surface area contributed by atoms with Crippen molar-refractivity contribution in [2.75, 3.05) is 11.1 Å². The van der Waals surface area contributed by atoms with Crippen LogP contribution in [0.5, 0.6) is 0 Å². The quantitative estimate of drug-likeness (QED) is 0.745. The number of nitrogens with two attached hydrogens (primary N) is 1. The molecule has 0 aliphatic rings. The van der Waals surface area contributed by atoms with Crippen molar-refractivity contribution in [2.45, 2.75) is 44.0 Å². The predicted octanol–water partition coefficient (Wildman–Crippen LogP) is 3.25. The van der Waals surface area contributed by atoms with E-state index >= 15 is 0 Å². The van der Waals surface area contributed by atoms with E-state index in [4.69, 9.17) is 5.73 Å². The zero-order valence-corrected chi connectivity index (χ0v) is 11.9. The van der Waals surface area contributed by atoms with Crippen molar-refractivity contribution in [2.24, 2.45) is 5.73 Å². The molecule has 1 unspecified atom stereocenters. The highest BCUT2D eigenvalue weighted by Crippen LogP contribution is 2.26. The van der Waals surface area contributed by atoms with Gasteiger partial charge in [-0.2, -0.15) is 0 Å². The first-order chi connectivity index (χ1) is 8.69. The summed E-state index contributed by atoms with van der Waals surface area (Å²) in [6.07, 6.45) is 2.79. The Bertz CT molecular complexity index is 382. The largest absolute Gasteiger partial charge is 0.324 e. The van der Waals surface area contributed by atoms with Crippen LogP contribution in [0.25, 0.3) is 0 Å². The molecule has 0 radical (unpaired) electrons. The standard InChI is InChI=1S/C14H22N2OS/c1-3-5-8-11(15)14(17)16-12-9-6-7-10-13(12)18-4-2/h6-7,9-11H,3-5,8,15H2,1-2H3,(H,16,17). The van der Waals surface area contributed by atoms with Gasteiger partial charge in [-0.05, 0) is 24.3 Å². The van der Waals surface area contributed by atoms with Crippen LogP contribution in [0.3, 0.4) is 0 Å². The minimum absolute atomic E-state index is 0.0902. The van der Waals surface area contributed by atoms with E-state index in [1.165, 1.54) is 0 Å². The van der Waals surface area contributed by atoms with Crippen LogP contribution in [-0.2, 0) is 4.79 Å². The number of benzene rings is 1. The topological polar surface area (TPSA) is 55.1 Å². The Morgan fingerprint density at radius 3 is 2.78 bits per heavy atom. The summed E-state index contributed by atoms with van der Waals surface area (Å²) in [5, 5.41) is 2.92. The molecule has 3 nitrogen and oxygen atoms in total. The summed E-state index contributed by atoms with van der Waals surface area (Å²) in [4.78, 5) is 13.0. The van der Waals surface area contributed by atoms with Crippen LogP contribution >= 0.6 is 11.8 Å². The first-order valence-electron chi connectivity index (χ1n) is 6.47. The molecule has 0 saturated carbocycles. The fourth-order valence-electron chi connectivity index (χ4n) is 1.63. The molecular weight excluding hydrogens is 244 g/mol. The lowest BCUT2D eigenvalue weighted by Gasteiger charge is -2.14. The molecule has 0 spiro atoms. The number of para-hydroxylation sites is 1. The Morgan fingerprint density at radius 2 is 2.11 bits per heavy atom. The molecule has 4 heteroatoms. The molecular formula is C14H22N2OS. The van der Waals surface area contributed by atoms with E-state index in [0.717, 1.165) is 35.6 Å². The maximum Gasteiger partial charge on any atom is 0.241 e. The second-order valence-corrected chi connectivity index (χ2v) is 5.47. The van der Waals surface area contributed by atoms with E-state index in [-0.39, 0.29) is 5.91 Å². The fourth-order valence-corrected chi connectivity index (χ4v) is 2.39. The van der Waals surface area contributed by atoms with Gasteiger partial charge in [-0.15, -0.1) is 11.8 Å². The molecule has 1 rings (SSSR count). The monoisotopic (exact) mass is 266 g/mol. The first kappa shape index (κ1) is 15.1. The van der Waals surface area contributed by atoms with Gasteiger partial charge in [-0.3, -0.25) is 4.79 Å². The normalized spacial score (nSPS) is 12.2. The summed E-state index contributed by atoms with van der Waals surface area (Å²) in [5.74, 6) is 0.891. The van der Waals surface area contributed by atoms with Crippen LogP contribution in [0.15, 0.2) is 29.2 Å². The summed E-state index contributed by atoms with van der Waals surface area (Å²) >= 11 is 1.72. The fraction of sp³-hybridized carbons (Fsp3) is 0.500. The summed E-state index contributed by atoms with van der Waals surface area (Å²) < 4.78 is 0. The number of thioether (sulfide) groups is 1. The minimum atomic E-state index is -0.412. The molecule has 1 aromatic carbocycles. The Balaban J connectivity index is 2.63. The molecule has 0 fully saturated rings. The second-order valence-electron chi connectivity index (χ2n) is 4.17. The third-order valence-corrected chi connectivity index (χ3v) is 3.61. The van der Waals surface area contributed by atoms with Crippen molar-refractivity contribution < 1.29 is 4.79 Å². The summed E-state index contributed by atoms with van der Waals surface area (Å²) in [5.41, 5.74) is 6.72. The van der Waals surface area contributed by atoms with Crippen molar-refractivity contribution in [1.29, 1.82) is 0 Å². The molecule has 0 bridgehead atoms. The molecule has 18 heavy (non-hydrogen) atoms. The third kappa shape index (κ3) is 4.70. The smallest absolute Gasteiger partial charge is 0.241 e. The summed E-state index contributed by atoms with van der Waals surface area (Å²) in [6.45, 7) is 4.19. The van der Waals surface area contributed by atoms with Crippen molar-refractivity contribution in [1.82, 2.24) is 0 Å². The molecule has 0 saturated heterocycles. The van der Waals surface area contributed by atoms with Gasteiger partial charge in [0, 0.05) is 4.90 Å². The zero-order chi connectivity index (χ0) is 13.4. The minimum Gasteiger partial charge on any atom is -0.324 e. The van der Waals surface area contributed by atoms with E-state index in [1.807, 2.05) is 24.3 Å². The lowest BCUT2D eigenvalue weighted by molar-refractivity contribution is -0.117. The predicted molar refractivity (Wildman–Crippen MR) is 79.0 cm³/mol. The highest BCUT2D eigenvalue weighted by atomic mass is 32.2. The lowest BCUT2D eigenvalue weighted by atomic mass is 10.1. The van der Waals surface area contributed by atoms with Crippen molar-refractivity contribution in [3.8, 4) is 0 Å². The highest BCUT2D eigenvalue weighted by Gasteiger charge is 2.14. The molecule has 100 valence electrons. The van der Waals surface area contributed by atoms with Gasteiger partial charge < -0.3 is 11.1 Å².